The van der Waals surface area contributed by atoms with Crippen LogP contribution in [0.4, 0.5) is 0 Å². The highest BCUT2D eigenvalue weighted by molar-refractivity contribution is 6.07. The Morgan fingerprint density at radius 2 is 1.10 bits per heavy atom. The van der Waals surface area contributed by atoms with Crippen molar-refractivity contribution in [3.8, 4) is 0 Å². The van der Waals surface area contributed by atoms with E-state index in [9.17, 15) is 0 Å². The van der Waals surface area contributed by atoms with E-state index in [-0.39, 0.29) is 0 Å². The maximum absolute atomic E-state index is 2.40. The summed E-state index contributed by atoms with van der Waals surface area (Å²) in [6.45, 7) is 4.56. The van der Waals surface area contributed by atoms with Gasteiger partial charge in [0, 0.05) is 0 Å². The zero-order valence-corrected chi connectivity index (χ0v) is 17.5. The van der Waals surface area contributed by atoms with Gasteiger partial charge in [-0.1, -0.05) is 60.7 Å². The lowest BCUT2D eigenvalue weighted by molar-refractivity contribution is 0.876. The molecule has 0 N–H and O–H groups in total. The second kappa shape index (κ2) is 7.52. The molecule has 0 amide bonds. The molecule has 0 nitrogen and oxygen atoms in total. The summed E-state index contributed by atoms with van der Waals surface area (Å²) in [4.78, 5) is 0. The predicted octanol–water partition coefficient (Wildman–Crippen LogP) is 8.47. The summed E-state index contributed by atoms with van der Waals surface area (Å²) in [6.07, 6.45) is 19.9. The van der Waals surface area contributed by atoms with E-state index < -0.39 is 0 Å². The van der Waals surface area contributed by atoms with Gasteiger partial charge in [0.25, 0.3) is 0 Å². The first-order chi connectivity index (χ1) is 14.2. The summed E-state index contributed by atoms with van der Waals surface area (Å²) in [5, 5.41) is 5.52. The molecule has 0 unspecified atom stereocenters. The van der Waals surface area contributed by atoms with Crippen molar-refractivity contribution < 1.29 is 0 Å². The highest BCUT2D eigenvalue weighted by atomic mass is 14.2. The molecule has 3 aromatic rings. The molecular weight excluding hydrogens is 348 g/mol. The molecule has 0 saturated heterocycles. The molecule has 0 heteroatoms. The Bertz CT molecular complexity index is 1230. The minimum Gasteiger partial charge on any atom is -0.0839 e. The molecule has 3 aromatic carbocycles. The smallest absolute Gasteiger partial charge is 0.0139 e. The van der Waals surface area contributed by atoms with Crippen molar-refractivity contribution in [2.75, 3.05) is 0 Å². The number of allylic oxidation sites excluding steroid dienone is 8. The number of aryl methyl sites for hydroxylation is 2. The minimum absolute atomic E-state index is 1.15. The van der Waals surface area contributed by atoms with E-state index in [0.717, 1.165) is 12.8 Å². The summed E-state index contributed by atoms with van der Waals surface area (Å²) in [5.74, 6) is 0. The van der Waals surface area contributed by atoms with Gasteiger partial charge in [-0.2, -0.15) is 0 Å². The summed E-state index contributed by atoms with van der Waals surface area (Å²) in [6, 6.07) is 14.1. The lowest BCUT2D eigenvalue weighted by Gasteiger charge is -2.16. The number of hydrogen-bond donors (Lipinski definition) is 0. The van der Waals surface area contributed by atoms with Crippen molar-refractivity contribution in [2.45, 2.75) is 46.0 Å². The van der Waals surface area contributed by atoms with Gasteiger partial charge in [0.1, 0.15) is 0 Å². The largest absolute Gasteiger partial charge is 0.0839 e. The molecule has 5 rings (SSSR count). The molecule has 29 heavy (non-hydrogen) atoms. The first-order valence-corrected chi connectivity index (χ1v) is 10.9. The number of benzene rings is 3. The zero-order valence-electron chi connectivity index (χ0n) is 17.5. The fourth-order valence-corrected chi connectivity index (χ4v) is 4.83. The normalized spacial score (nSPS) is 16.8. The quantitative estimate of drug-likeness (QED) is 0.393. The van der Waals surface area contributed by atoms with Crippen LogP contribution in [0.25, 0.3) is 32.7 Å². The summed E-state index contributed by atoms with van der Waals surface area (Å²) in [7, 11) is 0. The van der Waals surface area contributed by atoms with Crippen LogP contribution in [0.5, 0.6) is 0 Å². The third-order valence-electron chi connectivity index (χ3n) is 6.55. The average Bonchev–Trinajstić information content (AvgIpc) is 3.07. The van der Waals surface area contributed by atoms with Crippen molar-refractivity contribution in [2.24, 2.45) is 0 Å². The second-order valence-corrected chi connectivity index (χ2v) is 8.40. The molecule has 0 spiro atoms. The maximum Gasteiger partial charge on any atom is -0.0139 e. The van der Waals surface area contributed by atoms with E-state index in [4.69, 9.17) is 0 Å². The van der Waals surface area contributed by atoms with E-state index in [0.29, 0.717) is 0 Å². The topological polar surface area (TPSA) is 0 Å². The molecule has 0 aromatic heterocycles. The SMILES string of the molecule is Cc1c2ccc(C3=CCCCC=C3)cc2c(C)c2ccc(C3=CCCC=C3)cc12. The van der Waals surface area contributed by atoms with Gasteiger partial charge in [-0.05, 0) is 113 Å². The third kappa shape index (κ3) is 3.27. The highest BCUT2D eigenvalue weighted by Crippen LogP contribution is 2.36. The fraction of sp³-hybridized carbons (Fsp3) is 0.241. The molecule has 0 aliphatic heterocycles. The van der Waals surface area contributed by atoms with Crippen LogP contribution >= 0.6 is 0 Å². The van der Waals surface area contributed by atoms with Crippen molar-refractivity contribution >= 4 is 32.7 Å². The summed E-state index contributed by atoms with van der Waals surface area (Å²) in [5.41, 5.74) is 8.18. The fourth-order valence-electron chi connectivity index (χ4n) is 4.83. The van der Waals surface area contributed by atoms with Crippen LogP contribution in [0.2, 0.25) is 0 Å². The second-order valence-electron chi connectivity index (χ2n) is 8.40. The van der Waals surface area contributed by atoms with Gasteiger partial charge in [0.2, 0.25) is 0 Å². The lowest BCUT2D eigenvalue weighted by atomic mass is 9.88. The molecule has 0 radical (unpaired) electrons. The number of fused-ring (bicyclic) bond motifs is 2. The van der Waals surface area contributed by atoms with Crippen molar-refractivity contribution in [1.82, 2.24) is 0 Å². The van der Waals surface area contributed by atoms with Gasteiger partial charge in [0.05, 0.1) is 0 Å². The molecule has 0 heterocycles. The van der Waals surface area contributed by atoms with Crippen LogP contribution in [-0.4, -0.2) is 0 Å². The van der Waals surface area contributed by atoms with Crippen LogP contribution in [0.1, 0.15) is 54.4 Å². The third-order valence-corrected chi connectivity index (χ3v) is 6.55. The van der Waals surface area contributed by atoms with Crippen LogP contribution in [0, 0.1) is 13.8 Å². The monoisotopic (exact) mass is 376 g/mol. The molecule has 0 fully saturated rings. The predicted molar refractivity (Wildman–Crippen MR) is 128 cm³/mol. The molecule has 2 aliphatic carbocycles. The first kappa shape index (κ1) is 18.2. The van der Waals surface area contributed by atoms with E-state index >= 15 is 0 Å². The van der Waals surface area contributed by atoms with E-state index in [1.165, 1.54) is 74.2 Å². The highest BCUT2D eigenvalue weighted by Gasteiger charge is 2.12. The lowest BCUT2D eigenvalue weighted by Crippen LogP contribution is -1.92. The number of hydrogen-bond acceptors (Lipinski definition) is 0. The standard InChI is InChI=1S/C29H28/c1-20-27-17-15-25(23-12-8-5-9-13-23)19-29(27)21(2)26-16-14-24(18-28(20)26)22-10-6-3-4-7-11-22/h6,8,10-19H,3-5,7,9H2,1-2H3. The Morgan fingerprint density at radius 1 is 0.552 bits per heavy atom. The van der Waals surface area contributed by atoms with Gasteiger partial charge in [0.15, 0.2) is 0 Å². The first-order valence-electron chi connectivity index (χ1n) is 10.9. The van der Waals surface area contributed by atoms with Gasteiger partial charge < -0.3 is 0 Å². The van der Waals surface area contributed by atoms with E-state index in [2.05, 4.69) is 86.7 Å². The van der Waals surface area contributed by atoms with Crippen LogP contribution in [0.3, 0.4) is 0 Å². The number of rotatable bonds is 2. The van der Waals surface area contributed by atoms with Gasteiger partial charge in [-0.15, -0.1) is 0 Å². The zero-order chi connectivity index (χ0) is 19.8. The van der Waals surface area contributed by atoms with Crippen LogP contribution in [-0.2, 0) is 0 Å². The summed E-state index contributed by atoms with van der Waals surface area (Å²) < 4.78 is 0. The molecule has 144 valence electrons. The Hall–Kier alpha value is -2.86. The minimum atomic E-state index is 1.15. The molecule has 0 saturated carbocycles. The van der Waals surface area contributed by atoms with Crippen molar-refractivity contribution in [3.63, 3.8) is 0 Å². The van der Waals surface area contributed by atoms with Gasteiger partial charge >= 0.3 is 0 Å². The Morgan fingerprint density at radius 3 is 1.66 bits per heavy atom. The van der Waals surface area contributed by atoms with Crippen LogP contribution < -0.4 is 0 Å². The van der Waals surface area contributed by atoms with Crippen LogP contribution in [0.15, 0.2) is 72.9 Å². The summed E-state index contributed by atoms with van der Waals surface area (Å²) >= 11 is 0. The van der Waals surface area contributed by atoms with E-state index in [1.807, 2.05) is 0 Å². The van der Waals surface area contributed by atoms with Crippen molar-refractivity contribution in [3.05, 3.63) is 95.1 Å². The molecular formula is C29H28. The molecule has 0 bridgehead atoms. The molecule has 0 atom stereocenters. The Balaban J connectivity index is 1.69. The maximum atomic E-state index is 2.40. The Kier molecular flexibility index (Phi) is 4.72. The van der Waals surface area contributed by atoms with E-state index in [1.54, 1.807) is 0 Å². The molecule has 2 aliphatic rings. The van der Waals surface area contributed by atoms with Gasteiger partial charge in [-0.3, -0.25) is 0 Å². The average molecular weight is 377 g/mol. The Labute approximate surface area is 173 Å². The van der Waals surface area contributed by atoms with Gasteiger partial charge in [-0.25, -0.2) is 0 Å². The van der Waals surface area contributed by atoms with Crippen molar-refractivity contribution in [1.29, 1.82) is 0 Å².